The molecule has 0 spiro atoms. The number of hydrogen-bond acceptors (Lipinski definition) is 3. The first-order chi connectivity index (χ1) is 13.0. The zero-order chi connectivity index (χ0) is 19.2. The molecule has 1 heterocycles. The second kappa shape index (κ2) is 8.68. The van der Waals surface area contributed by atoms with Crippen molar-refractivity contribution in [2.45, 2.75) is 12.8 Å². The zero-order valence-electron chi connectivity index (χ0n) is 15.4. The Morgan fingerprint density at radius 3 is 2.67 bits per heavy atom. The van der Waals surface area contributed by atoms with Crippen molar-refractivity contribution in [3.8, 4) is 0 Å². The predicted octanol–water partition coefficient (Wildman–Crippen LogP) is 3.21. The standard InChI is InChI=1S/C21H25N3O3/c1-24(18-8-3-2-4-9-18)21(27)23-17-7-5-6-15(12-17)13-19(20(25)26)16-10-11-22-14-16/h2-9,12,16,19,22H,10-11,13-14H2,1H3,(H,23,27)(H,25,26)/t16-,19-/m0/s1. The lowest BCUT2D eigenvalue weighted by Gasteiger charge is -2.20. The maximum atomic E-state index is 12.5. The third kappa shape index (κ3) is 4.86. The lowest BCUT2D eigenvalue weighted by Crippen LogP contribution is -2.31. The Bertz CT molecular complexity index is 788. The molecule has 0 saturated carbocycles. The second-order valence-electron chi connectivity index (χ2n) is 6.93. The first-order valence-electron chi connectivity index (χ1n) is 9.17. The van der Waals surface area contributed by atoms with Gasteiger partial charge in [0.15, 0.2) is 0 Å². The molecule has 1 aliphatic heterocycles. The largest absolute Gasteiger partial charge is 0.481 e. The number of aliphatic carboxylic acids is 1. The second-order valence-corrected chi connectivity index (χ2v) is 6.93. The summed E-state index contributed by atoms with van der Waals surface area (Å²) in [7, 11) is 1.71. The molecule has 0 aromatic heterocycles. The number of nitrogens with one attached hydrogen (secondary N) is 2. The van der Waals surface area contributed by atoms with Crippen LogP contribution in [-0.2, 0) is 11.2 Å². The van der Waals surface area contributed by atoms with Crippen molar-refractivity contribution in [1.29, 1.82) is 0 Å². The Labute approximate surface area is 159 Å². The molecule has 2 aromatic carbocycles. The lowest BCUT2D eigenvalue weighted by molar-refractivity contribution is -0.143. The first kappa shape index (κ1) is 18.9. The molecule has 0 radical (unpaired) electrons. The predicted molar refractivity (Wildman–Crippen MR) is 106 cm³/mol. The highest BCUT2D eigenvalue weighted by atomic mass is 16.4. The van der Waals surface area contributed by atoms with Gasteiger partial charge in [-0.15, -0.1) is 0 Å². The van der Waals surface area contributed by atoms with E-state index in [1.165, 1.54) is 4.90 Å². The number of amides is 2. The summed E-state index contributed by atoms with van der Waals surface area (Å²) >= 11 is 0. The molecule has 1 fully saturated rings. The van der Waals surface area contributed by atoms with Crippen LogP contribution in [0, 0.1) is 11.8 Å². The smallest absolute Gasteiger partial charge is 0.326 e. The summed E-state index contributed by atoms with van der Waals surface area (Å²) in [6.45, 7) is 1.62. The van der Waals surface area contributed by atoms with E-state index in [0.29, 0.717) is 12.1 Å². The Balaban J connectivity index is 1.67. The normalized spacial score (nSPS) is 17.3. The van der Waals surface area contributed by atoms with Crippen LogP contribution in [0.5, 0.6) is 0 Å². The quantitative estimate of drug-likeness (QED) is 0.732. The number of urea groups is 1. The van der Waals surface area contributed by atoms with Crippen molar-refractivity contribution >= 4 is 23.4 Å². The van der Waals surface area contributed by atoms with Gasteiger partial charge in [-0.3, -0.25) is 9.69 Å². The van der Waals surface area contributed by atoms with Gasteiger partial charge in [-0.2, -0.15) is 0 Å². The third-order valence-corrected chi connectivity index (χ3v) is 5.07. The van der Waals surface area contributed by atoms with Crippen LogP contribution in [0.25, 0.3) is 0 Å². The highest BCUT2D eigenvalue weighted by Gasteiger charge is 2.30. The number of rotatable bonds is 6. The zero-order valence-corrected chi connectivity index (χ0v) is 15.4. The van der Waals surface area contributed by atoms with Crippen LogP contribution >= 0.6 is 0 Å². The highest BCUT2D eigenvalue weighted by molar-refractivity contribution is 6.01. The molecular formula is C21H25N3O3. The van der Waals surface area contributed by atoms with E-state index in [1.807, 2.05) is 54.6 Å². The Hall–Kier alpha value is -2.86. The average molecular weight is 367 g/mol. The summed E-state index contributed by atoms with van der Waals surface area (Å²) in [5, 5.41) is 15.7. The molecule has 3 rings (SSSR count). The van der Waals surface area contributed by atoms with Gasteiger partial charge in [-0.05, 0) is 61.7 Å². The van der Waals surface area contributed by atoms with Gasteiger partial charge in [-0.25, -0.2) is 4.79 Å². The molecule has 0 unspecified atom stereocenters. The molecule has 1 aliphatic rings. The van der Waals surface area contributed by atoms with Crippen molar-refractivity contribution in [2.24, 2.45) is 11.8 Å². The molecular weight excluding hydrogens is 342 g/mol. The number of carboxylic acid groups (broad SMARTS) is 1. The Kier molecular flexibility index (Phi) is 6.08. The summed E-state index contributed by atoms with van der Waals surface area (Å²) in [4.78, 5) is 25.7. The van der Waals surface area contributed by atoms with Crippen LogP contribution in [0.1, 0.15) is 12.0 Å². The van der Waals surface area contributed by atoms with Gasteiger partial charge in [0, 0.05) is 18.4 Å². The number of carbonyl (C=O) groups excluding carboxylic acids is 1. The van der Waals surface area contributed by atoms with Crippen LogP contribution in [-0.4, -0.2) is 37.2 Å². The van der Waals surface area contributed by atoms with Crippen LogP contribution in [0.15, 0.2) is 54.6 Å². The fourth-order valence-corrected chi connectivity index (χ4v) is 3.48. The van der Waals surface area contributed by atoms with Crippen molar-refractivity contribution in [3.05, 3.63) is 60.2 Å². The molecule has 2 aromatic rings. The van der Waals surface area contributed by atoms with E-state index in [4.69, 9.17) is 0 Å². The van der Waals surface area contributed by atoms with E-state index in [-0.39, 0.29) is 11.9 Å². The third-order valence-electron chi connectivity index (χ3n) is 5.07. The van der Waals surface area contributed by atoms with Crippen molar-refractivity contribution in [1.82, 2.24) is 5.32 Å². The van der Waals surface area contributed by atoms with Gasteiger partial charge in [0.1, 0.15) is 0 Å². The van der Waals surface area contributed by atoms with Crippen LogP contribution in [0.3, 0.4) is 0 Å². The van der Waals surface area contributed by atoms with E-state index in [0.717, 1.165) is 30.8 Å². The first-order valence-corrected chi connectivity index (χ1v) is 9.17. The van der Waals surface area contributed by atoms with Gasteiger partial charge in [0.05, 0.1) is 5.92 Å². The van der Waals surface area contributed by atoms with Crippen molar-refractivity contribution in [2.75, 3.05) is 30.4 Å². The van der Waals surface area contributed by atoms with Crippen LogP contribution in [0.4, 0.5) is 16.2 Å². The summed E-state index contributed by atoms with van der Waals surface area (Å²) in [6, 6.07) is 16.6. The Morgan fingerprint density at radius 2 is 2.00 bits per heavy atom. The number of carboxylic acids is 1. The van der Waals surface area contributed by atoms with E-state index in [9.17, 15) is 14.7 Å². The number of anilines is 2. The summed E-state index contributed by atoms with van der Waals surface area (Å²) < 4.78 is 0. The van der Waals surface area contributed by atoms with Crippen LogP contribution < -0.4 is 15.5 Å². The molecule has 27 heavy (non-hydrogen) atoms. The van der Waals surface area contributed by atoms with Crippen LogP contribution in [0.2, 0.25) is 0 Å². The van der Waals surface area contributed by atoms with Crippen molar-refractivity contribution in [3.63, 3.8) is 0 Å². The monoisotopic (exact) mass is 367 g/mol. The fourth-order valence-electron chi connectivity index (χ4n) is 3.48. The SMILES string of the molecule is CN(C(=O)Nc1cccc(C[C@H](C(=O)O)[C@H]2CCNC2)c1)c1ccccc1. The Morgan fingerprint density at radius 1 is 1.22 bits per heavy atom. The fraction of sp³-hybridized carbons (Fsp3) is 0.333. The molecule has 6 heteroatoms. The van der Waals surface area contributed by atoms with Gasteiger partial charge in [0.2, 0.25) is 0 Å². The molecule has 2 atom stereocenters. The lowest BCUT2D eigenvalue weighted by atomic mass is 9.86. The van der Waals surface area contributed by atoms with Crippen molar-refractivity contribution < 1.29 is 14.7 Å². The minimum absolute atomic E-state index is 0.143. The van der Waals surface area contributed by atoms with E-state index in [1.54, 1.807) is 7.05 Å². The van der Waals surface area contributed by atoms with Gasteiger partial charge >= 0.3 is 12.0 Å². The van der Waals surface area contributed by atoms with E-state index in [2.05, 4.69) is 10.6 Å². The summed E-state index contributed by atoms with van der Waals surface area (Å²) in [5.41, 5.74) is 2.37. The topological polar surface area (TPSA) is 81.7 Å². The number of nitrogens with zero attached hydrogens (tertiary/aromatic N) is 1. The maximum absolute atomic E-state index is 12.5. The molecule has 2 amide bonds. The number of carbonyl (C=O) groups is 2. The van der Waals surface area contributed by atoms with Gasteiger partial charge in [0.25, 0.3) is 0 Å². The highest BCUT2D eigenvalue weighted by Crippen LogP contribution is 2.25. The summed E-state index contributed by atoms with van der Waals surface area (Å²) in [5.74, 6) is -1.04. The van der Waals surface area contributed by atoms with Gasteiger partial charge in [-0.1, -0.05) is 30.3 Å². The minimum atomic E-state index is -0.762. The number of benzene rings is 2. The summed E-state index contributed by atoms with van der Waals surface area (Å²) in [6.07, 6.45) is 1.34. The molecule has 0 aliphatic carbocycles. The molecule has 3 N–H and O–H groups in total. The average Bonchev–Trinajstić information content (AvgIpc) is 3.20. The van der Waals surface area contributed by atoms with E-state index >= 15 is 0 Å². The minimum Gasteiger partial charge on any atom is -0.481 e. The number of para-hydroxylation sites is 1. The van der Waals surface area contributed by atoms with Gasteiger partial charge < -0.3 is 15.7 Å². The molecule has 0 bridgehead atoms. The number of hydrogen-bond donors (Lipinski definition) is 3. The van der Waals surface area contributed by atoms with E-state index < -0.39 is 11.9 Å². The maximum Gasteiger partial charge on any atom is 0.326 e. The molecule has 142 valence electrons. The molecule has 6 nitrogen and oxygen atoms in total. The molecule has 1 saturated heterocycles.